The van der Waals surface area contributed by atoms with E-state index in [1.807, 2.05) is 182 Å². The van der Waals surface area contributed by atoms with Gasteiger partial charge in [0.1, 0.15) is 0 Å². The zero-order valence-electron chi connectivity index (χ0n) is 28.5. The molecule has 3 atom stereocenters. The summed E-state index contributed by atoms with van der Waals surface area (Å²) in [5.41, 5.74) is 0. The van der Waals surface area contributed by atoms with Crippen LogP contribution in [0.25, 0.3) is 0 Å². The van der Waals surface area contributed by atoms with E-state index in [2.05, 4.69) is 22.0 Å². The van der Waals surface area contributed by atoms with E-state index in [9.17, 15) is 0 Å². The van der Waals surface area contributed by atoms with Crippen LogP contribution in [-0.2, 0) is 0 Å². The molecular formula is C40H42N3O6P3. The van der Waals surface area contributed by atoms with E-state index in [4.69, 9.17) is 27.4 Å². The van der Waals surface area contributed by atoms with Crippen LogP contribution in [0.5, 0.6) is 34.5 Å². The molecule has 268 valence electrons. The van der Waals surface area contributed by atoms with Crippen molar-refractivity contribution in [2.45, 2.75) is 24.3 Å². The molecular weight excluding hydrogens is 711 g/mol. The van der Waals surface area contributed by atoms with Gasteiger partial charge in [0.25, 0.3) is 0 Å². The Morgan fingerprint density at radius 3 is 1.15 bits per heavy atom. The summed E-state index contributed by atoms with van der Waals surface area (Å²) in [4.78, 5) is 3.88. The number of ether oxygens (including phenoxy) is 1. The van der Waals surface area contributed by atoms with Crippen molar-refractivity contribution in [3.8, 4) is 34.5 Å². The fourth-order valence-electron chi connectivity index (χ4n) is 6.35. The summed E-state index contributed by atoms with van der Waals surface area (Å²) in [6.45, 7) is 2.08. The Bertz CT molecular complexity index is 1940. The normalized spacial score (nSPS) is 22.7. The molecule has 0 saturated carbocycles. The van der Waals surface area contributed by atoms with Gasteiger partial charge in [0.05, 0.1) is 0 Å². The summed E-state index contributed by atoms with van der Waals surface area (Å²) in [5.74, 6) is 2.80. The Kier molecular flexibility index (Phi) is 9.99. The van der Waals surface area contributed by atoms with Crippen molar-refractivity contribution < 1.29 is 27.4 Å². The van der Waals surface area contributed by atoms with Crippen molar-refractivity contribution in [2.75, 3.05) is 0 Å². The molecule has 3 N–H and O–H groups in total. The molecule has 2 heterocycles. The molecule has 3 unspecified atom stereocenters. The molecule has 0 amide bonds. The summed E-state index contributed by atoms with van der Waals surface area (Å²) in [6, 6.07) is 58.4. The van der Waals surface area contributed by atoms with Crippen molar-refractivity contribution in [1.29, 1.82) is 0 Å². The van der Waals surface area contributed by atoms with Crippen LogP contribution in [-0.4, -0.2) is 17.4 Å². The molecule has 2 aliphatic rings. The minimum absolute atomic E-state index is 0.331. The Morgan fingerprint density at radius 2 is 0.750 bits per heavy atom. The molecule has 6 aromatic rings. The second kappa shape index (κ2) is 15.1. The molecule has 52 heavy (non-hydrogen) atoms. The number of fused-ring (bicyclic) bond motifs is 1. The third-order valence-electron chi connectivity index (χ3n) is 8.85. The third kappa shape index (κ3) is 7.58. The first kappa shape index (κ1) is 34.4. The molecule has 8 rings (SSSR count). The fraction of sp³-hybridized carbons (Fsp3) is 0.100. The average Bonchev–Trinajstić information content (AvgIpc) is 3.72. The van der Waals surface area contributed by atoms with Gasteiger partial charge in [-0.2, -0.15) is 0 Å². The molecule has 0 aromatic heterocycles. The zero-order chi connectivity index (χ0) is 35.3. The van der Waals surface area contributed by atoms with Crippen LogP contribution in [0.15, 0.2) is 182 Å². The van der Waals surface area contributed by atoms with E-state index in [-0.39, 0.29) is 5.78 Å². The van der Waals surface area contributed by atoms with Gasteiger partial charge < -0.3 is 0 Å². The molecule has 0 radical (unpaired) electrons. The number of rotatable bonds is 12. The quantitative estimate of drug-likeness (QED) is 0.106. The van der Waals surface area contributed by atoms with Gasteiger partial charge in [0, 0.05) is 0 Å². The molecule has 2 saturated heterocycles. The first-order valence-electron chi connectivity index (χ1n) is 17.3. The monoisotopic (exact) mass is 753 g/mol. The van der Waals surface area contributed by atoms with Gasteiger partial charge >= 0.3 is 307 Å². The molecule has 6 aromatic carbocycles. The first-order valence-corrected chi connectivity index (χ1v) is 23.1. The average molecular weight is 754 g/mol. The Morgan fingerprint density at radius 1 is 0.404 bits per heavy atom. The van der Waals surface area contributed by atoms with Crippen LogP contribution in [0.2, 0.25) is 0 Å². The topological polar surface area (TPSA) is 91.5 Å². The van der Waals surface area contributed by atoms with Crippen LogP contribution >= 0.6 is 23.5 Å². The second-order valence-electron chi connectivity index (χ2n) is 12.6. The maximum atomic E-state index is 7.14. The van der Waals surface area contributed by atoms with Crippen LogP contribution in [0.3, 0.4) is 0 Å². The van der Waals surface area contributed by atoms with Crippen molar-refractivity contribution in [3.63, 3.8) is 0 Å². The standard InChI is InChI=1S/C40H42N3O6P3/c1-32-41-50(45-34-22-10-3-11-23-34)39(40(50)44-33-20-8-2-9-21-33)42-52(48-37-28-16-6-17-29-37,49-38-30-18-7-19-31-38)43-51(32,46-35-24-12-4-13-25-35)47-36-26-14-5-15-27-36/h2-32,39-43,50-52H,1H3. The molecule has 12 heteroatoms. The van der Waals surface area contributed by atoms with E-state index < -0.39 is 35.2 Å². The van der Waals surface area contributed by atoms with Gasteiger partial charge in [-0.1, -0.05) is 0 Å². The van der Waals surface area contributed by atoms with Gasteiger partial charge in [0.2, 0.25) is 0 Å². The molecule has 0 spiro atoms. The van der Waals surface area contributed by atoms with Gasteiger partial charge in [-0.05, 0) is 0 Å². The third-order valence-corrected chi connectivity index (χ3v) is 20.0. The van der Waals surface area contributed by atoms with Gasteiger partial charge in [-0.15, -0.1) is 0 Å². The van der Waals surface area contributed by atoms with Gasteiger partial charge in [-0.3, -0.25) is 0 Å². The zero-order valence-corrected chi connectivity index (χ0v) is 31.5. The Labute approximate surface area is 305 Å². The van der Waals surface area contributed by atoms with Crippen molar-refractivity contribution in [3.05, 3.63) is 182 Å². The van der Waals surface area contributed by atoms with Gasteiger partial charge in [0.15, 0.2) is 0 Å². The maximum absolute atomic E-state index is 7.14. The molecule has 9 nitrogen and oxygen atoms in total. The van der Waals surface area contributed by atoms with E-state index in [0.29, 0.717) is 23.0 Å². The van der Waals surface area contributed by atoms with Crippen LogP contribution < -0.4 is 42.4 Å². The van der Waals surface area contributed by atoms with E-state index in [0.717, 1.165) is 11.5 Å². The van der Waals surface area contributed by atoms with E-state index >= 15 is 0 Å². The molecule has 0 aliphatic carbocycles. The first-order chi connectivity index (χ1) is 25.5. The number of benzene rings is 6. The van der Waals surface area contributed by atoms with Crippen molar-refractivity contribution >= 4 is 23.5 Å². The Hall–Kier alpha value is -4.71. The molecule has 2 fully saturated rings. The molecule has 0 bridgehead atoms. The summed E-state index contributed by atoms with van der Waals surface area (Å²) in [6.07, 6.45) is 0. The Balaban J connectivity index is 1.32. The summed E-state index contributed by atoms with van der Waals surface area (Å²) < 4.78 is 42.5. The predicted octanol–water partition coefficient (Wildman–Crippen LogP) is 9.74. The predicted molar refractivity (Wildman–Crippen MR) is 214 cm³/mol. The van der Waals surface area contributed by atoms with Crippen molar-refractivity contribution in [2.24, 2.45) is 0 Å². The summed E-state index contributed by atoms with van der Waals surface area (Å²) >= 11 is 0. The minimum atomic E-state index is -3.93. The number of hydrogen-bond acceptors (Lipinski definition) is 9. The van der Waals surface area contributed by atoms with Gasteiger partial charge in [-0.25, -0.2) is 0 Å². The number of hydrogen-bond donors (Lipinski definition) is 3. The summed E-state index contributed by atoms with van der Waals surface area (Å²) in [7, 11) is -10.9. The van der Waals surface area contributed by atoms with Crippen LogP contribution in [0.4, 0.5) is 0 Å². The second-order valence-corrected chi connectivity index (χ2v) is 21.4. The van der Waals surface area contributed by atoms with Crippen LogP contribution in [0.1, 0.15) is 6.92 Å². The number of nitrogens with one attached hydrogen (secondary N) is 3. The van der Waals surface area contributed by atoms with E-state index in [1.165, 1.54) is 0 Å². The SMILES string of the molecule is CC1N[PH]2(Oc3ccccc3)C(N[PH](Oc3ccccc3)(Oc3ccccc3)N[PH]1(Oc1ccccc1)Oc1ccccc1)C2Oc1ccccc1. The molecule has 2 aliphatic heterocycles. The summed E-state index contributed by atoms with van der Waals surface area (Å²) in [5, 5.41) is 7.86. The van der Waals surface area contributed by atoms with E-state index in [1.54, 1.807) is 0 Å². The van der Waals surface area contributed by atoms with Crippen LogP contribution in [0, 0.1) is 0 Å². The number of para-hydroxylation sites is 6. The fourth-order valence-corrected chi connectivity index (χ4v) is 19.6. The van der Waals surface area contributed by atoms with Crippen molar-refractivity contribution in [1.82, 2.24) is 15.0 Å².